The van der Waals surface area contributed by atoms with E-state index < -0.39 is 22.0 Å². The lowest BCUT2D eigenvalue weighted by Gasteiger charge is -2.40. The highest BCUT2D eigenvalue weighted by atomic mass is 35.5. The van der Waals surface area contributed by atoms with Crippen molar-refractivity contribution in [1.82, 2.24) is 33.6 Å². The lowest BCUT2D eigenvalue weighted by Crippen LogP contribution is -2.49. The fraction of sp³-hybridized carbons (Fsp3) is 0.487. The molecule has 0 bridgehead atoms. The van der Waals surface area contributed by atoms with E-state index in [0.717, 1.165) is 69.9 Å². The second kappa shape index (κ2) is 16.1. The number of rotatable bonds is 9. The number of piperidine rings is 3. The Morgan fingerprint density at radius 1 is 0.895 bits per heavy atom. The first-order valence-electron chi connectivity index (χ1n) is 19.5. The van der Waals surface area contributed by atoms with Crippen LogP contribution >= 0.6 is 11.6 Å². The molecule has 6 heterocycles. The zero-order chi connectivity index (χ0) is 39.8. The number of anilines is 3. The molecule has 0 aliphatic carbocycles. The van der Waals surface area contributed by atoms with Crippen molar-refractivity contribution in [2.24, 2.45) is 13.0 Å². The summed E-state index contributed by atoms with van der Waals surface area (Å²) < 4.78 is 32.3. The second-order valence-electron chi connectivity index (χ2n) is 15.4. The maximum absolute atomic E-state index is 13.8. The predicted molar refractivity (Wildman–Crippen MR) is 216 cm³/mol. The zero-order valence-corrected chi connectivity index (χ0v) is 33.4. The van der Waals surface area contributed by atoms with Gasteiger partial charge in [0.25, 0.3) is 0 Å². The van der Waals surface area contributed by atoms with Gasteiger partial charge < -0.3 is 15.1 Å². The number of hydrogen-bond donors (Lipinski definition) is 2. The molecule has 2 aromatic heterocycles. The largest absolute Gasteiger partial charge is 0.370 e. The van der Waals surface area contributed by atoms with Gasteiger partial charge in [0, 0.05) is 78.4 Å². The molecule has 57 heavy (non-hydrogen) atoms. The number of sulfonamides is 1. The Morgan fingerprint density at radius 2 is 1.60 bits per heavy atom. The molecule has 0 radical (unpaired) electrons. The summed E-state index contributed by atoms with van der Waals surface area (Å²) in [5.41, 5.74) is 3.28. The summed E-state index contributed by atoms with van der Waals surface area (Å²) in [6.07, 6.45) is 6.60. The number of piperazine rings is 1. The Bertz CT molecular complexity index is 2370. The highest BCUT2D eigenvalue weighted by molar-refractivity contribution is 7.89. The predicted octanol–water partition coefficient (Wildman–Crippen LogP) is 2.94. The molecule has 18 heteroatoms. The minimum Gasteiger partial charge on any atom is -0.370 e. The van der Waals surface area contributed by atoms with E-state index in [0.29, 0.717) is 66.0 Å². The Labute approximate surface area is 336 Å². The number of nitrogens with one attached hydrogen (secondary N) is 2. The molecule has 2 aromatic carbocycles. The fourth-order valence-corrected chi connectivity index (χ4v) is 10.4. The molecule has 1 atom stereocenters. The summed E-state index contributed by atoms with van der Waals surface area (Å²) in [5, 5.41) is 16.1. The summed E-state index contributed by atoms with van der Waals surface area (Å²) in [7, 11) is -2.03. The molecule has 4 aliphatic rings. The minimum atomic E-state index is -3.76. The van der Waals surface area contributed by atoms with Gasteiger partial charge in [0.2, 0.25) is 27.8 Å². The number of aryl methyl sites for hydroxylation is 1. The summed E-state index contributed by atoms with van der Waals surface area (Å²) in [5.74, 6) is 0.167. The lowest BCUT2D eigenvalue weighted by atomic mass is 9.95. The molecule has 8 rings (SSSR count). The summed E-state index contributed by atoms with van der Waals surface area (Å²) in [4.78, 5) is 53.4. The number of hydrogen-bond acceptors (Lipinski definition) is 12. The van der Waals surface area contributed by atoms with Crippen molar-refractivity contribution in [3.05, 3.63) is 69.9 Å². The standard InChI is InChI=1S/C39H46ClN11O5S/c1-46-36-31(3-2-4-32(36)51(39(46)54)33-7-8-35(52)45-37(33)53)49-19-17-47(18-20-49)25-26-9-13-48(14-10-26)34-21-30(6-5-27(34)22-41)57(55,56)50-15-11-29(12-16-50)44-38-42-23-28(40)24-43-38/h2-6,21,23-24,26,29,33H,7-20,25H2,1H3,(H,42,43,44)(H,45,52,53). The molecule has 2 amide bonds. The smallest absolute Gasteiger partial charge is 0.329 e. The van der Waals surface area contributed by atoms with E-state index in [9.17, 15) is 28.1 Å². The maximum atomic E-state index is 13.8. The van der Waals surface area contributed by atoms with Gasteiger partial charge in [-0.05, 0) is 68.4 Å². The lowest BCUT2D eigenvalue weighted by molar-refractivity contribution is -0.135. The normalized spacial score (nSPS) is 20.8. The van der Waals surface area contributed by atoms with Gasteiger partial charge in [-0.3, -0.25) is 28.9 Å². The monoisotopic (exact) mass is 815 g/mol. The van der Waals surface area contributed by atoms with Crippen LogP contribution in [0.2, 0.25) is 5.02 Å². The average Bonchev–Trinajstić information content (AvgIpc) is 3.48. The van der Waals surface area contributed by atoms with E-state index in [1.807, 2.05) is 18.2 Å². The third-order valence-corrected chi connectivity index (χ3v) is 14.0. The van der Waals surface area contributed by atoms with E-state index >= 15 is 0 Å². The number of carbonyl (C=O) groups is 2. The van der Waals surface area contributed by atoms with Crippen LogP contribution in [0.3, 0.4) is 0 Å². The number of para-hydroxylation sites is 1. The number of fused-ring (bicyclic) bond motifs is 1. The van der Waals surface area contributed by atoms with Crippen molar-refractivity contribution >= 4 is 61.8 Å². The molecule has 4 saturated heterocycles. The number of benzene rings is 2. The Balaban J connectivity index is 0.862. The van der Waals surface area contributed by atoms with E-state index in [2.05, 4.69) is 41.4 Å². The molecular weight excluding hydrogens is 770 g/mol. The van der Waals surface area contributed by atoms with Crippen molar-refractivity contribution in [2.45, 2.75) is 55.5 Å². The van der Waals surface area contributed by atoms with Crippen LogP contribution in [-0.2, 0) is 26.7 Å². The minimum absolute atomic E-state index is 0.0396. The van der Waals surface area contributed by atoms with Gasteiger partial charge in [0.15, 0.2) is 0 Å². The van der Waals surface area contributed by atoms with Crippen molar-refractivity contribution < 1.29 is 18.0 Å². The van der Waals surface area contributed by atoms with Gasteiger partial charge in [0.1, 0.15) is 12.1 Å². The zero-order valence-electron chi connectivity index (χ0n) is 31.8. The summed E-state index contributed by atoms with van der Waals surface area (Å²) >= 11 is 5.89. The van der Waals surface area contributed by atoms with Crippen LogP contribution in [0.5, 0.6) is 0 Å². The Hall–Kier alpha value is -5.02. The number of amides is 2. The van der Waals surface area contributed by atoms with E-state index in [1.165, 1.54) is 21.3 Å². The average molecular weight is 816 g/mol. The number of imidazole rings is 1. The third-order valence-electron chi connectivity index (χ3n) is 11.9. The molecule has 1 unspecified atom stereocenters. The molecule has 0 saturated carbocycles. The molecule has 4 aliphatic heterocycles. The molecule has 300 valence electrons. The van der Waals surface area contributed by atoms with Crippen LogP contribution in [0.25, 0.3) is 11.0 Å². The van der Waals surface area contributed by atoms with E-state index in [-0.39, 0.29) is 29.0 Å². The maximum Gasteiger partial charge on any atom is 0.329 e. The van der Waals surface area contributed by atoms with Gasteiger partial charge in [-0.1, -0.05) is 17.7 Å². The van der Waals surface area contributed by atoms with Gasteiger partial charge in [-0.2, -0.15) is 9.57 Å². The Kier molecular flexibility index (Phi) is 11.0. The fourth-order valence-electron chi connectivity index (χ4n) is 8.78. The number of aromatic nitrogens is 4. The van der Waals surface area contributed by atoms with Crippen molar-refractivity contribution in [3.8, 4) is 6.07 Å². The molecule has 2 N–H and O–H groups in total. The van der Waals surface area contributed by atoms with Gasteiger partial charge >= 0.3 is 5.69 Å². The highest BCUT2D eigenvalue weighted by Crippen LogP contribution is 2.33. The topological polar surface area (TPSA) is 182 Å². The van der Waals surface area contributed by atoms with Crippen LogP contribution in [-0.4, -0.2) is 113 Å². The first-order valence-corrected chi connectivity index (χ1v) is 21.4. The van der Waals surface area contributed by atoms with Gasteiger partial charge in [-0.15, -0.1) is 0 Å². The van der Waals surface area contributed by atoms with Crippen LogP contribution in [0.4, 0.5) is 17.3 Å². The molecule has 16 nitrogen and oxygen atoms in total. The number of halogens is 1. The Morgan fingerprint density at radius 3 is 2.28 bits per heavy atom. The summed E-state index contributed by atoms with van der Waals surface area (Å²) in [6, 6.07) is 12.2. The molecule has 4 fully saturated rings. The summed E-state index contributed by atoms with van der Waals surface area (Å²) in [6.45, 7) is 6.41. The van der Waals surface area contributed by atoms with Crippen molar-refractivity contribution in [3.63, 3.8) is 0 Å². The number of carbonyl (C=O) groups excluding carboxylic acids is 2. The quantitative estimate of drug-likeness (QED) is 0.236. The second-order valence-corrected chi connectivity index (χ2v) is 17.8. The van der Waals surface area contributed by atoms with Crippen molar-refractivity contribution in [2.75, 3.05) is 74.0 Å². The van der Waals surface area contributed by atoms with Crippen LogP contribution in [0.15, 0.2) is 58.5 Å². The van der Waals surface area contributed by atoms with E-state index in [4.69, 9.17) is 11.6 Å². The van der Waals surface area contributed by atoms with Gasteiger partial charge in [-0.25, -0.2) is 23.2 Å². The van der Waals surface area contributed by atoms with Gasteiger partial charge in [0.05, 0.1) is 50.3 Å². The molecule has 4 aromatic rings. The third kappa shape index (κ3) is 7.83. The first kappa shape index (κ1) is 38.8. The number of nitrogens with zero attached hydrogens (tertiary/aromatic N) is 9. The molecular formula is C39H46ClN11O5S. The SMILES string of the molecule is Cn1c(=O)n(C2CCC(=O)NC2=O)c2cccc(N3CCN(CC4CCN(c5cc(S(=O)(=O)N6CCC(Nc7ncc(Cl)cn7)CC6)ccc5C#N)CC4)CC3)c21. The van der Waals surface area contributed by atoms with Crippen LogP contribution < -0.4 is 26.1 Å². The van der Waals surface area contributed by atoms with Crippen LogP contribution in [0, 0.1) is 17.2 Å². The number of nitriles is 1. The molecule has 0 spiro atoms. The van der Waals surface area contributed by atoms with Crippen LogP contribution in [0.1, 0.15) is 50.1 Å². The highest BCUT2D eigenvalue weighted by Gasteiger charge is 2.34. The van der Waals surface area contributed by atoms with E-state index in [1.54, 1.807) is 29.8 Å². The van der Waals surface area contributed by atoms with Crippen molar-refractivity contribution in [1.29, 1.82) is 5.26 Å². The first-order chi connectivity index (χ1) is 27.5. The number of imide groups is 1.